The SMILES string of the molecule is Cc1cc(CCCCCC(=O)N[C@H](C(=O)N2C[C@H](O)C[C@H]2C(=O)N[C@@H](C)c2ccc(-c3scnc3C)cc2)C(C)(C)C)cc(NC[C@H](CCC(N)=O)NC(=O)C2Cc3cccc4c3N2C(=O)[C@@H](NC(=O)c2cc3cc(C(=O)P(=O)(O)O)ccc3[nH]2)CC4)c1. The van der Waals surface area contributed by atoms with E-state index in [2.05, 4.69) is 42.6 Å². The number of aliphatic hydroxyl groups excluding tert-OH is 1. The summed E-state index contributed by atoms with van der Waals surface area (Å²) in [6, 6.07) is 20.0. The third-order valence-electron chi connectivity index (χ3n) is 16.6. The quantitative estimate of drug-likeness (QED) is 0.0227. The van der Waals surface area contributed by atoms with Crippen molar-refractivity contribution in [2.24, 2.45) is 11.1 Å². The van der Waals surface area contributed by atoms with E-state index in [0.717, 1.165) is 56.1 Å². The fraction of sp³-hybridized carbons (Fsp3) is 0.422. The summed E-state index contributed by atoms with van der Waals surface area (Å²) in [5.41, 5.74) is 13.5. The number of H-pyrrole nitrogens is 1. The second-order valence-electron chi connectivity index (χ2n) is 24.5. The summed E-state index contributed by atoms with van der Waals surface area (Å²) < 4.78 is 11.6. The number of carbonyl (C=O) groups is 8. The molecule has 1 unspecified atom stereocenters. The minimum absolute atomic E-state index is 0.0227. The number of nitrogens with two attached hydrogens (primary N) is 1. The normalized spacial score (nSPS) is 18.4. The van der Waals surface area contributed by atoms with Crippen molar-refractivity contribution in [3.05, 3.63) is 135 Å². The predicted molar refractivity (Wildman–Crippen MR) is 334 cm³/mol. The number of β-amino-alcohol motifs (C(OH)–C–C–N with tert-alkyl or cyclic N) is 1. The topological polar surface area (TPSA) is 336 Å². The Morgan fingerprint density at radius 2 is 1.61 bits per heavy atom. The van der Waals surface area contributed by atoms with E-state index < -0.39 is 84.4 Å². The van der Waals surface area contributed by atoms with Gasteiger partial charge in [-0.05, 0) is 134 Å². The molecule has 3 aliphatic heterocycles. The Bertz CT molecular complexity index is 3700. The number of para-hydroxylation sites is 1. The lowest BCUT2D eigenvalue weighted by Gasteiger charge is -2.35. The van der Waals surface area contributed by atoms with Crippen molar-refractivity contribution >= 4 is 88.1 Å². The smallest absolute Gasteiger partial charge is 0.391 e. The van der Waals surface area contributed by atoms with Gasteiger partial charge in [-0.25, -0.2) is 4.98 Å². The molecule has 466 valence electrons. The molecule has 0 bridgehead atoms. The summed E-state index contributed by atoms with van der Waals surface area (Å²) in [5, 5.41) is 26.5. The summed E-state index contributed by atoms with van der Waals surface area (Å²) in [6.07, 6.45) is 3.09. The van der Waals surface area contributed by atoms with Crippen molar-refractivity contribution in [3.63, 3.8) is 0 Å². The number of aliphatic hydroxyl groups is 1. The van der Waals surface area contributed by atoms with E-state index in [9.17, 15) is 57.8 Å². The number of unbranched alkanes of at least 4 members (excludes halogenated alkanes) is 2. The average Bonchev–Trinajstić information content (AvgIpc) is 2.30. The predicted octanol–water partition coefficient (Wildman–Crippen LogP) is 6.56. The van der Waals surface area contributed by atoms with Gasteiger partial charge in [-0.3, -0.25) is 47.8 Å². The van der Waals surface area contributed by atoms with Gasteiger partial charge in [0.15, 0.2) is 0 Å². The van der Waals surface area contributed by atoms with Gasteiger partial charge in [-0.15, -0.1) is 11.3 Å². The molecule has 7 amide bonds. The van der Waals surface area contributed by atoms with E-state index in [1.54, 1.807) is 16.8 Å². The number of fused-ring (bicyclic) bond motifs is 1. The molecule has 88 heavy (non-hydrogen) atoms. The van der Waals surface area contributed by atoms with Crippen LogP contribution in [-0.2, 0) is 52.6 Å². The zero-order chi connectivity index (χ0) is 63.4. The van der Waals surface area contributed by atoms with E-state index >= 15 is 0 Å². The lowest BCUT2D eigenvalue weighted by Crippen LogP contribution is -2.57. The number of primary amides is 1. The van der Waals surface area contributed by atoms with Gasteiger partial charge < -0.3 is 57.1 Å². The summed E-state index contributed by atoms with van der Waals surface area (Å²) in [6.45, 7) is 11.5. The Balaban J connectivity index is 0.769. The maximum absolute atomic E-state index is 14.6. The molecule has 6 aromatic rings. The average molecular weight is 1240 g/mol. The number of carbonyl (C=O) groups excluding carboxylic acids is 8. The molecule has 0 radical (unpaired) electrons. The molecule has 11 N–H and O–H groups in total. The lowest BCUT2D eigenvalue weighted by molar-refractivity contribution is -0.144. The molecule has 0 saturated carbocycles. The highest BCUT2D eigenvalue weighted by Crippen LogP contribution is 2.41. The van der Waals surface area contributed by atoms with E-state index in [4.69, 9.17) is 5.73 Å². The van der Waals surface area contributed by atoms with Gasteiger partial charge in [0.25, 0.3) is 11.4 Å². The van der Waals surface area contributed by atoms with Crippen LogP contribution in [0.3, 0.4) is 0 Å². The zero-order valence-corrected chi connectivity index (χ0v) is 51.9. The number of benzene rings is 4. The van der Waals surface area contributed by atoms with Crippen LogP contribution < -0.4 is 37.2 Å². The summed E-state index contributed by atoms with van der Waals surface area (Å²) in [5.74, 6) is -3.25. The summed E-state index contributed by atoms with van der Waals surface area (Å²) in [4.78, 5) is 139. The number of rotatable bonds is 24. The van der Waals surface area contributed by atoms with Crippen LogP contribution >= 0.6 is 18.9 Å². The number of likely N-dealkylation sites (tertiary alicyclic amines) is 1. The largest absolute Gasteiger partial charge is 0.396 e. The minimum atomic E-state index is -5.06. The van der Waals surface area contributed by atoms with Crippen LogP contribution in [0.5, 0.6) is 0 Å². The molecule has 1 saturated heterocycles. The van der Waals surface area contributed by atoms with Gasteiger partial charge in [0.2, 0.25) is 35.4 Å². The first-order valence-corrected chi connectivity index (χ1v) is 32.2. The first-order chi connectivity index (χ1) is 41.7. The van der Waals surface area contributed by atoms with Crippen LogP contribution in [-0.4, -0.2) is 126 Å². The third kappa shape index (κ3) is 15.2. The standard InChI is InChI=1S/C64H77N10O12PS/c1-35-25-38(11-8-7-9-14-54(77)72-57(64(4,5)6)62(82)73-33-47(75)31-51(73)59(79)68-36(2)39-15-17-41(18-16-39)56-37(3)67-34-88-56)27-46(26-35)66-32-45(21-24-53(65)76)69-60(80)52-30-42-13-10-12-40-19-23-49(61(81)74(52)55(40)42)71-58(78)50-29-44-28-43(20-22-48(44)70-50)63(83)87(84,85)86/h10,12-13,15-18,20,22,25-29,34,36,45,47,49,51-52,57,66,70,75H,7-9,11,14,19,21,23-24,30-33H2,1-6H3,(H2,65,76)(H,68,79)(H,69,80)(H,71,78)(H,72,77)(H2,84,85,86)/t36-,45-,47+,49-,51-,52?,57+/m0/s1. The van der Waals surface area contributed by atoms with Crippen molar-refractivity contribution in [2.45, 2.75) is 155 Å². The second-order valence-corrected chi connectivity index (χ2v) is 26.8. The number of anilines is 2. The Kier molecular flexibility index (Phi) is 19.8. The first-order valence-electron chi connectivity index (χ1n) is 29.7. The molecule has 1 fully saturated rings. The zero-order valence-electron chi connectivity index (χ0n) is 50.2. The number of aromatic nitrogens is 2. The molecule has 5 heterocycles. The number of aryl methyl sites for hydroxylation is 4. The molecular weight excluding hydrogens is 1160 g/mol. The highest BCUT2D eigenvalue weighted by atomic mass is 32.1. The third-order valence-corrected chi connectivity index (χ3v) is 18.4. The lowest BCUT2D eigenvalue weighted by atomic mass is 9.85. The molecule has 7 atom stereocenters. The number of nitrogens with zero attached hydrogens (tertiary/aromatic N) is 3. The van der Waals surface area contributed by atoms with Crippen LogP contribution in [0.25, 0.3) is 21.3 Å². The van der Waals surface area contributed by atoms with Crippen LogP contribution in [0.2, 0.25) is 0 Å². The van der Waals surface area contributed by atoms with E-state index in [0.29, 0.717) is 42.3 Å². The summed E-state index contributed by atoms with van der Waals surface area (Å²) >= 11 is 1.56. The van der Waals surface area contributed by atoms with Crippen LogP contribution in [0.1, 0.15) is 139 Å². The van der Waals surface area contributed by atoms with Gasteiger partial charge in [-0.1, -0.05) is 75.7 Å². The highest BCUT2D eigenvalue weighted by Gasteiger charge is 2.46. The van der Waals surface area contributed by atoms with Crippen LogP contribution in [0.4, 0.5) is 11.4 Å². The molecule has 2 aromatic heterocycles. The van der Waals surface area contributed by atoms with Gasteiger partial charge in [0, 0.05) is 67.0 Å². The fourth-order valence-corrected chi connectivity index (χ4v) is 13.3. The Labute approximate surface area is 514 Å². The number of hydrogen-bond acceptors (Lipinski definition) is 13. The van der Waals surface area contributed by atoms with Crippen molar-refractivity contribution in [3.8, 4) is 10.4 Å². The highest BCUT2D eigenvalue weighted by molar-refractivity contribution is 7.70. The van der Waals surface area contributed by atoms with Crippen molar-refractivity contribution < 1.29 is 57.8 Å². The summed E-state index contributed by atoms with van der Waals surface area (Å²) in [7, 11) is -5.06. The maximum atomic E-state index is 14.6. The molecule has 3 aliphatic rings. The molecule has 9 rings (SSSR count). The van der Waals surface area contributed by atoms with Gasteiger partial charge in [-0.2, -0.15) is 0 Å². The van der Waals surface area contributed by atoms with Crippen molar-refractivity contribution in [1.82, 2.24) is 36.1 Å². The molecular formula is C64H77N10O12PS. The van der Waals surface area contributed by atoms with Crippen LogP contribution in [0.15, 0.2) is 90.4 Å². The molecule has 4 aromatic carbocycles. The minimum Gasteiger partial charge on any atom is -0.391 e. The number of nitrogens with one attached hydrogen (secondary N) is 6. The van der Waals surface area contributed by atoms with E-state index in [-0.39, 0.29) is 80.7 Å². The monoisotopic (exact) mass is 1240 g/mol. The number of thiazole rings is 1. The Hall–Kier alpha value is -8.08. The molecule has 22 nitrogen and oxygen atoms in total. The number of amides is 7. The molecule has 24 heteroatoms. The first kappa shape index (κ1) is 64.4. The maximum Gasteiger partial charge on any atom is 0.396 e. The van der Waals surface area contributed by atoms with Crippen molar-refractivity contribution in [1.29, 1.82) is 0 Å². The molecule has 0 aliphatic carbocycles. The van der Waals surface area contributed by atoms with Gasteiger partial charge in [0.1, 0.15) is 29.9 Å². The van der Waals surface area contributed by atoms with Gasteiger partial charge >= 0.3 is 7.60 Å². The van der Waals surface area contributed by atoms with E-state index in [1.165, 1.54) is 34.1 Å². The second kappa shape index (κ2) is 27.1. The van der Waals surface area contributed by atoms with Crippen LogP contribution in [0, 0.1) is 19.3 Å². The Morgan fingerprint density at radius 1 is 0.875 bits per heavy atom. The van der Waals surface area contributed by atoms with E-state index in [1.807, 2.05) is 96.1 Å². The number of hydrogen-bond donors (Lipinski definition) is 10. The Morgan fingerprint density at radius 3 is 2.32 bits per heavy atom. The number of aromatic amines is 1. The van der Waals surface area contributed by atoms with Gasteiger partial charge in [0.05, 0.1) is 33.9 Å². The fourth-order valence-electron chi connectivity index (χ4n) is 12.0. The van der Waals surface area contributed by atoms with Crippen molar-refractivity contribution in [2.75, 3.05) is 23.3 Å². The molecule has 0 spiro atoms.